The number of carboxylic acid groups (broad SMARTS) is 1. The van der Waals surface area contributed by atoms with Crippen molar-refractivity contribution >= 4 is 11.5 Å². The Morgan fingerprint density at radius 2 is 1.25 bits per heavy atom. The number of carboxylic acids is 1. The zero-order chi connectivity index (χ0) is 17.5. The van der Waals surface area contributed by atoms with Crippen LogP contribution < -0.4 is 9.47 Å². The number of hydrogen-bond donors (Lipinski definition) is 1. The molecular weight excluding hydrogens is 304 g/mol. The highest BCUT2D eigenvalue weighted by Gasteiger charge is 2.06. The number of ether oxygens (including phenoxy) is 2. The summed E-state index contributed by atoms with van der Waals surface area (Å²) in [7, 11) is 3.24. The van der Waals surface area contributed by atoms with E-state index in [-0.39, 0.29) is 5.57 Å². The monoisotopic (exact) mass is 324 g/mol. The second-order valence-electron chi connectivity index (χ2n) is 5.19. The number of carbonyl (C=O) groups is 1. The number of hydrogen-bond acceptors (Lipinski definition) is 3. The number of rotatable bonds is 6. The third-order valence-electron chi connectivity index (χ3n) is 3.64. The maximum atomic E-state index is 11.0. The van der Waals surface area contributed by atoms with Crippen molar-refractivity contribution in [3.05, 3.63) is 77.4 Å². The molecule has 0 amide bonds. The minimum absolute atomic E-state index is 0.273. The fraction of sp³-hybridized carbons (Fsp3) is 0.150. The van der Waals surface area contributed by atoms with Crippen LogP contribution in [0.15, 0.2) is 66.3 Å². The van der Waals surface area contributed by atoms with Crippen LogP contribution in [0.2, 0.25) is 0 Å². The molecule has 2 rings (SSSR count). The first kappa shape index (κ1) is 17.3. The Kier molecular flexibility index (Phi) is 5.79. The van der Waals surface area contributed by atoms with E-state index in [9.17, 15) is 4.79 Å². The molecule has 2 aromatic rings. The lowest BCUT2D eigenvalue weighted by molar-refractivity contribution is -0.132. The molecule has 4 nitrogen and oxygen atoms in total. The first-order valence-corrected chi connectivity index (χ1v) is 7.46. The molecule has 0 radical (unpaired) electrons. The highest BCUT2D eigenvalue weighted by molar-refractivity contribution is 5.88. The molecule has 0 spiro atoms. The van der Waals surface area contributed by atoms with Crippen LogP contribution in [0.5, 0.6) is 11.5 Å². The number of benzene rings is 2. The van der Waals surface area contributed by atoms with E-state index in [1.54, 1.807) is 27.2 Å². The molecule has 0 heterocycles. The van der Waals surface area contributed by atoms with Crippen LogP contribution in [0.3, 0.4) is 0 Å². The normalized spacial score (nSPS) is 10.9. The molecule has 0 unspecified atom stereocenters. The topological polar surface area (TPSA) is 55.8 Å². The van der Waals surface area contributed by atoms with Gasteiger partial charge in [-0.3, -0.25) is 0 Å². The Hall–Kier alpha value is -3.01. The highest BCUT2D eigenvalue weighted by atomic mass is 16.5. The zero-order valence-corrected chi connectivity index (χ0v) is 13.9. The first-order chi connectivity index (χ1) is 11.5. The Balaban J connectivity index is 2.48. The molecule has 0 saturated carbocycles. The average molecular weight is 324 g/mol. The van der Waals surface area contributed by atoms with Crippen molar-refractivity contribution in [1.29, 1.82) is 0 Å². The van der Waals surface area contributed by atoms with Gasteiger partial charge in [0.05, 0.1) is 14.2 Å². The van der Waals surface area contributed by atoms with E-state index >= 15 is 0 Å². The van der Waals surface area contributed by atoms with Gasteiger partial charge in [0.25, 0.3) is 0 Å². The molecule has 0 aliphatic carbocycles. The van der Waals surface area contributed by atoms with Crippen LogP contribution in [0.4, 0.5) is 0 Å². The van der Waals surface area contributed by atoms with E-state index in [1.807, 2.05) is 54.6 Å². The minimum atomic E-state index is -0.935. The molecule has 24 heavy (non-hydrogen) atoms. The lowest BCUT2D eigenvalue weighted by Crippen LogP contribution is -1.95. The Bertz CT molecular complexity index is 704. The quantitative estimate of drug-likeness (QED) is 0.640. The Morgan fingerprint density at radius 3 is 1.58 bits per heavy atom. The highest BCUT2D eigenvalue weighted by Crippen LogP contribution is 2.27. The minimum Gasteiger partial charge on any atom is -0.497 e. The summed E-state index contributed by atoms with van der Waals surface area (Å²) in [4.78, 5) is 11.0. The van der Waals surface area contributed by atoms with Gasteiger partial charge in [-0.15, -0.1) is 0 Å². The molecule has 124 valence electrons. The second-order valence-corrected chi connectivity index (χ2v) is 5.19. The van der Waals surface area contributed by atoms with Gasteiger partial charge in [0.15, 0.2) is 0 Å². The Morgan fingerprint density at radius 1 is 0.833 bits per heavy atom. The van der Waals surface area contributed by atoms with Gasteiger partial charge >= 0.3 is 5.97 Å². The second kappa shape index (κ2) is 8.02. The van der Waals surface area contributed by atoms with E-state index in [2.05, 4.69) is 0 Å². The summed E-state index contributed by atoms with van der Waals surface area (Å²) in [5.74, 6) is 0.602. The fourth-order valence-electron chi connectivity index (χ4n) is 2.18. The van der Waals surface area contributed by atoms with E-state index in [4.69, 9.17) is 14.6 Å². The molecule has 0 aromatic heterocycles. The third kappa shape index (κ3) is 4.26. The number of allylic oxidation sites excluding steroid dienone is 2. The summed E-state index contributed by atoms with van der Waals surface area (Å²) in [5, 5.41) is 9.04. The van der Waals surface area contributed by atoms with Crippen LogP contribution in [-0.4, -0.2) is 25.3 Å². The van der Waals surface area contributed by atoms with Gasteiger partial charge in [-0.2, -0.15) is 0 Å². The largest absolute Gasteiger partial charge is 0.497 e. The number of aliphatic carboxylic acids is 1. The van der Waals surface area contributed by atoms with Crippen molar-refractivity contribution in [1.82, 2.24) is 0 Å². The maximum absolute atomic E-state index is 11.0. The molecule has 0 aliphatic heterocycles. The molecular formula is C20H20O4. The molecule has 1 N–H and O–H groups in total. The number of methoxy groups -OCH3 is 2. The molecule has 0 atom stereocenters. The van der Waals surface area contributed by atoms with Crippen LogP contribution in [0, 0.1) is 0 Å². The van der Waals surface area contributed by atoms with Gasteiger partial charge in [-0.25, -0.2) is 4.79 Å². The van der Waals surface area contributed by atoms with Crippen molar-refractivity contribution in [2.24, 2.45) is 0 Å². The van der Waals surface area contributed by atoms with Crippen LogP contribution in [0.1, 0.15) is 18.1 Å². The fourth-order valence-corrected chi connectivity index (χ4v) is 2.18. The molecule has 0 bridgehead atoms. The maximum Gasteiger partial charge on any atom is 0.331 e. The van der Waals surface area contributed by atoms with Gasteiger partial charge in [0.2, 0.25) is 0 Å². The van der Waals surface area contributed by atoms with Gasteiger partial charge in [-0.1, -0.05) is 36.4 Å². The van der Waals surface area contributed by atoms with Crippen molar-refractivity contribution < 1.29 is 19.4 Å². The van der Waals surface area contributed by atoms with E-state index in [0.717, 1.165) is 28.2 Å². The molecule has 2 aromatic carbocycles. The smallest absolute Gasteiger partial charge is 0.331 e. The summed E-state index contributed by atoms with van der Waals surface area (Å²) in [6.45, 7) is 1.57. The van der Waals surface area contributed by atoms with Crippen molar-refractivity contribution in [3.63, 3.8) is 0 Å². The summed E-state index contributed by atoms with van der Waals surface area (Å²) in [5.41, 5.74) is 3.13. The molecule has 0 fully saturated rings. The Labute approximate surface area is 141 Å². The SMILES string of the molecule is COc1ccc(C(=C/C=C(\C)C(=O)O)c2ccc(OC)cc2)cc1. The van der Waals surface area contributed by atoms with Gasteiger partial charge in [-0.05, 0) is 47.9 Å². The van der Waals surface area contributed by atoms with Crippen LogP contribution in [0.25, 0.3) is 5.57 Å². The van der Waals surface area contributed by atoms with Gasteiger partial charge in [0, 0.05) is 5.57 Å². The van der Waals surface area contributed by atoms with Crippen molar-refractivity contribution in [3.8, 4) is 11.5 Å². The van der Waals surface area contributed by atoms with Gasteiger partial charge in [0.1, 0.15) is 11.5 Å². The summed E-state index contributed by atoms with van der Waals surface area (Å²) in [6.07, 6.45) is 3.42. The van der Waals surface area contributed by atoms with E-state index < -0.39 is 5.97 Å². The van der Waals surface area contributed by atoms with E-state index in [0.29, 0.717) is 0 Å². The predicted molar refractivity (Wildman–Crippen MR) is 94.5 cm³/mol. The standard InChI is InChI=1S/C20H20O4/c1-14(20(21)22)4-13-19(15-5-9-17(23-2)10-6-15)16-7-11-18(24-3)12-8-16/h4-13H,1-3H3,(H,21,22)/b14-4+. The summed E-state index contributed by atoms with van der Waals surface area (Å²) in [6, 6.07) is 15.3. The zero-order valence-electron chi connectivity index (χ0n) is 13.9. The molecule has 0 saturated heterocycles. The third-order valence-corrected chi connectivity index (χ3v) is 3.64. The average Bonchev–Trinajstić information content (AvgIpc) is 2.62. The molecule has 4 heteroatoms. The predicted octanol–water partition coefficient (Wildman–Crippen LogP) is 4.17. The molecule has 0 aliphatic rings. The van der Waals surface area contributed by atoms with Crippen molar-refractivity contribution in [2.75, 3.05) is 14.2 Å². The van der Waals surface area contributed by atoms with E-state index in [1.165, 1.54) is 0 Å². The first-order valence-electron chi connectivity index (χ1n) is 7.46. The van der Waals surface area contributed by atoms with Crippen LogP contribution in [-0.2, 0) is 4.79 Å². The lowest BCUT2D eigenvalue weighted by Gasteiger charge is -2.10. The lowest BCUT2D eigenvalue weighted by atomic mass is 9.97. The summed E-state index contributed by atoms with van der Waals surface area (Å²) >= 11 is 0. The summed E-state index contributed by atoms with van der Waals surface area (Å²) < 4.78 is 10.4. The van der Waals surface area contributed by atoms with Gasteiger partial charge < -0.3 is 14.6 Å². The van der Waals surface area contributed by atoms with Crippen molar-refractivity contribution in [2.45, 2.75) is 6.92 Å². The van der Waals surface area contributed by atoms with Crippen LogP contribution >= 0.6 is 0 Å².